The number of carbonyl (C=O) groups excluding carboxylic acids is 1. The molecule has 0 aliphatic carbocycles. The maximum atomic E-state index is 13.9. The van der Waals surface area contributed by atoms with E-state index < -0.39 is 5.54 Å². The molecule has 1 spiro atoms. The molecule has 29 heavy (non-hydrogen) atoms. The Morgan fingerprint density at radius 2 is 1.41 bits per heavy atom. The van der Waals surface area contributed by atoms with Crippen molar-refractivity contribution < 1.29 is 4.79 Å². The van der Waals surface area contributed by atoms with Crippen LogP contribution in [0.15, 0.2) is 74.8 Å². The number of aliphatic imine (C=N–C) groups is 2. The average Bonchev–Trinajstić information content (AvgIpc) is 3.02. The molecule has 0 saturated heterocycles. The van der Waals surface area contributed by atoms with Gasteiger partial charge in [0.05, 0.1) is 28.4 Å². The Kier molecular flexibility index (Phi) is 3.93. The number of ketones is 1. The zero-order valence-corrected chi connectivity index (χ0v) is 17.1. The van der Waals surface area contributed by atoms with Crippen molar-refractivity contribution in [2.75, 3.05) is 0 Å². The molecule has 2 aliphatic heterocycles. The second-order valence-corrected chi connectivity index (χ2v) is 8.22. The highest BCUT2D eigenvalue weighted by atomic mass is 32.1. The Hall–Kier alpha value is -3.25. The largest absolute Gasteiger partial charge is 0.290 e. The number of nitrogens with zero attached hydrogens (tertiary/aromatic N) is 4. The SMILES string of the molecule is CC1=Nc2ccccc2N=C(C)C12N=Nc1sc(-c3ccccc3)c(C)c1C2=O. The predicted octanol–water partition coefficient (Wildman–Crippen LogP) is 6.64. The maximum absolute atomic E-state index is 13.9. The normalized spacial score (nSPS) is 16.7. The van der Waals surface area contributed by atoms with E-state index in [0.717, 1.165) is 27.4 Å². The minimum absolute atomic E-state index is 0.103. The highest BCUT2D eigenvalue weighted by molar-refractivity contribution is 7.19. The standard InChI is InChI=1S/C23H18N4OS/c1-13-19-21(28)23(14(2)24-17-11-7-8-12-18(17)25-15(23)3)27-26-22(19)29-20(13)16-9-5-4-6-10-16/h4-12H,1-3H3. The van der Waals surface area contributed by atoms with E-state index in [4.69, 9.17) is 9.98 Å². The van der Waals surface area contributed by atoms with E-state index in [-0.39, 0.29) is 5.78 Å². The van der Waals surface area contributed by atoms with E-state index >= 15 is 0 Å². The topological polar surface area (TPSA) is 66.5 Å². The molecule has 0 amide bonds. The molecule has 0 saturated carbocycles. The van der Waals surface area contributed by atoms with Crippen LogP contribution in [0.3, 0.4) is 0 Å². The number of azo groups is 1. The van der Waals surface area contributed by atoms with Crippen LogP contribution >= 0.6 is 11.3 Å². The van der Waals surface area contributed by atoms with Crippen LogP contribution in [0.5, 0.6) is 0 Å². The predicted molar refractivity (Wildman–Crippen MR) is 118 cm³/mol. The van der Waals surface area contributed by atoms with E-state index in [2.05, 4.69) is 10.2 Å². The highest BCUT2D eigenvalue weighted by Gasteiger charge is 2.50. The molecule has 0 atom stereocenters. The Labute approximate surface area is 172 Å². The van der Waals surface area contributed by atoms with Crippen LogP contribution in [0.2, 0.25) is 0 Å². The Balaban J connectivity index is 1.70. The Morgan fingerprint density at radius 1 is 0.828 bits per heavy atom. The molecule has 0 N–H and O–H groups in total. The summed E-state index contributed by atoms with van der Waals surface area (Å²) in [6.07, 6.45) is 0. The molecule has 5 nitrogen and oxygen atoms in total. The van der Waals surface area contributed by atoms with E-state index in [1.165, 1.54) is 11.3 Å². The number of hydrogen-bond donors (Lipinski definition) is 0. The lowest BCUT2D eigenvalue weighted by atomic mass is 9.80. The fourth-order valence-corrected chi connectivity index (χ4v) is 5.09. The number of Topliss-reactive ketones (excluding diaryl/α,β-unsaturated/α-hetero) is 1. The van der Waals surface area contributed by atoms with Crippen LogP contribution in [0.25, 0.3) is 10.4 Å². The molecule has 3 aromatic rings. The molecule has 2 aromatic carbocycles. The molecule has 6 heteroatoms. The number of rotatable bonds is 1. The molecular weight excluding hydrogens is 380 g/mol. The van der Waals surface area contributed by atoms with Gasteiger partial charge in [0.15, 0.2) is 0 Å². The molecule has 3 heterocycles. The van der Waals surface area contributed by atoms with Crippen molar-refractivity contribution in [2.24, 2.45) is 20.2 Å². The first-order chi connectivity index (χ1) is 14.0. The zero-order valence-electron chi connectivity index (χ0n) is 16.3. The third-order valence-corrected chi connectivity index (χ3v) is 6.74. The third-order valence-electron chi connectivity index (χ3n) is 5.52. The van der Waals surface area contributed by atoms with Gasteiger partial charge in [0.25, 0.3) is 0 Å². The van der Waals surface area contributed by atoms with Crippen LogP contribution in [-0.4, -0.2) is 22.7 Å². The first-order valence-corrected chi connectivity index (χ1v) is 10.2. The lowest BCUT2D eigenvalue weighted by Gasteiger charge is -2.28. The summed E-state index contributed by atoms with van der Waals surface area (Å²) in [6.45, 7) is 5.65. The van der Waals surface area contributed by atoms with Crippen molar-refractivity contribution in [1.29, 1.82) is 0 Å². The second-order valence-electron chi connectivity index (χ2n) is 7.23. The van der Waals surface area contributed by atoms with Crippen molar-refractivity contribution in [1.82, 2.24) is 0 Å². The molecular formula is C23H18N4OS. The number of hydrogen-bond acceptors (Lipinski definition) is 6. The summed E-state index contributed by atoms with van der Waals surface area (Å²) in [5.41, 5.74) is 4.01. The zero-order chi connectivity index (χ0) is 20.2. The van der Waals surface area contributed by atoms with Crippen molar-refractivity contribution >= 4 is 44.9 Å². The third kappa shape index (κ3) is 2.49. The molecule has 142 valence electrons. The smallest absolute Gasteiger partial charge is 0.220 e. The molecule has 0 radical (unpaired) electrons. The molecule has 5 rings (SSSR count). The van der Waals surface area contributed by atoms with Gasteiger partial charge in [0.1, 0.15) is 5.00 Å². The van der Waals surface area contributed by atoms with Gasteiger partial charge in [0.2, 0.25) is 11.3 Å². The summed E-state index contributed by atoms with van der Waals surface area (Å²) in [4.78, 5) is 24.3. The van der Waals surface area contributed by atoms with E-state index in [1.807, 2.05) is 75.4 Å². The van der Waals surface area contributed by atoms with Gasteiger partial charge in [-0.2, -0.15) is 5.11 Å². The maximum Gasteiger partial charge on any atom is 0.220 e. The van der Waals surface area contributed by atoms with Crippen molar-refractivity contribution in [3.8, 4) is 10.4 Å². The van der Waals surface area contributed by atoms with E-state index in [1.54, 1.807) is 0 Å². The van der Waals surface area contributed by atoms with Crippen LogP contribution in [-0.2, 0) is 0 Å². The summed E-state index contributed by atoms with van der Waals surface area (Å²) in [5.74, 6) is -0.103. The number of carbonyl (C=O) groups is 1. The van der Waals surface area contributed by atoms with E-state index in [0.29, 0.717) is 22.0 Å². The van der Waals surface area contributed by atoms with Gasteiger partial charge in [-0.15, -0.1) is 16.5 Å². The lowest BCUT2D eigenvalue weighted by Crippen LogP contribution is -2.50. The van der Waals surface area contributed by atoms with Crippen LogP contribution in [0.4, 0.5) is 16.4 Å². The molecule has 0 bridgehead atoms. The summed E-state index contributed by atoms with van der Waals surface area (Å²) < 4.78 is 0. The molecule has 0 fully saturated rings. The minimum atomic E-state index is -1.29. The second kappa shape index (κ2) is 6.39. The van der Waals surface area contributed by atoms with Crippen molar-refractivity contribution in [3.63, 3.8) is 0 Å². The summed E-state index contributed by atoms with van der Waals surface area (Å²) in [6, 6.07) is 17.7. The highest BCUT2D eigenvalue weighted by Crippen LogP contribution is 2.47. The number of thiophene rings is 1. The minimum Gasteiger partial charge on any atom is -0.290 e. The monoisotopic (exact) mass is 398 g/mol. The summed E-state index contributed by atoms with van der Waals surface area (Å²) in [7, 11) is 0. The van der Waals surface area contributed by atoms with Crippen molar-refractivity contribution in [3.05, 3.63) is 65.7 Å². The Bertz CT molecular complexity index is 1210. The molecule has 1 aromatic heterocycles. The van der Waals surface area contributed by atoms with Gasteiger partial charge in [-0.25, -0.2) is 0 Å². The molecule has 2 aliphatic rings. The lowest BCUT2D eigenvalue weighted by molar-refractivity contribution is 0.0958. The van der Waals surface area contributed by atoms with Gasteiger partial charge >= 0.3 is 0 Å². The van der Waals surface area contributed by atoms with Gasteiger partial charge < -0.3 is 0 Å². The number of para-hydroxylation sites is 2. The molecule has 0 unspecified atom stereocenters. The fraction of sp³-hybridized carbons (Fsp3) is 0.174. The summed E-state index contributed by atoms with van der Waals surface area (Å²) in [5, 5.41) is 9.67. The van der Waals surface area contributed by atoms with Crippen LogP contribution < -0.4 is 0 Å². The number of benzene rings is 2. The Morgan fingerprint density at radius 3 is 2.03 bits per heavy atom. The van der Waals surface area contributed by atoms with Gasteiger partial charge in [-0.05, 0) is 44.0 Å². The van der Waals surface area contributed by atoms with Crippen LogP contribution in [0, 0.1) is 6.92 Å². The first-order valence-electron chi connectivity index (χ1n) is 9.39. The van der Waals surface area contributed by atoms with E-state index in [9.17, 15) is 4.79 Å². The summed E-state index contributed by atoms with van der Waals surface area (Å²) >= 11 is 1.50. The number of fused-ring (bicyclic) bond motifs is 2. The van der Waals surface area contributed by atoms with Gasteiger partial charge in [-0.3, -0.25) is 14.8 Å². The van der Waals surface area contributed by atoms with Gasteiger partial charge in [0, 0.05) is 4.88 Å². The fourth-order valence-electron chi connectivity index (χ4n) is 3.96. The quantitative estimate of drug-likeness (QED) is 0.453. The van der Waals surface area contributed by atoms with Gasteiger partial charge in [-0.1, -0.05) is 42.5 Å². The van der Waals surface area contributed by atoms with Crippen LogP contribution in [0.1, 0.15) is 29.8 Å². The average molecular weight is 398 g/mol. The first kappa shape index (κ1) is 17.8. The van der Waals surface area contributed by atoms with Crippen molar-refractivity contribution in [2.45, 2.75) is 26.3 Å².